The van der Waals surface area contributed by atoms with Crippen molar-refractivity contribution in [3.8, 4) is 0 Å². The fourth-order valence-electron chi connectivity index (χ4n) is 9.75. The summed E-state index contributed by atoms with van der Waals surface area (Å²) in [5.41, 5.74) is 0. The Labute approximate surface area is 513 Å². The first-order chi connectivity index (χ1) is 41.0. The predicted octanol–water partition coefficient (Wildman–Crippen LogP) is 24.3. The molecule has 0 radical (unpaired) electrons. The molecule has 0 aliphatic carbocycles. The third kappa shape index (κ3) is 68.5. The topological polar surface area (TPSA) is 78.9 Å². The Bertz CT molecular complexity index is 1700. The van der Waals surface area contributed by atoms with Crippen molar-refractivity contribution in [2.45, 2.75) is 335 Å². The van der Waals surface area contributed by atoms with Crippen molar-refractivity contribution in [3.63, 3.8) is 0 Å². The average Bonchev–Trinajstić information content (AvgIpc) is 3.49. The monoisotopic (exact) mass is 1150 g/mol. The number of hydrogen-bond donors (Lipinski definition) is 0. The number of hydrogen-bond acceptors (Lipinski definition) is 6. The Balaban J connectivity index is 4.32. The standard InChI is InChI=1S/C77H130O6/c1-4-7-10-13-16-19-22-25-28-30-32-34-35-36-37-38-39-40-41-43-44-46-49-52-55-58-61-64-67-70-76(79)82-73-74(72-81-75(78)69-66-63-60-57-54-51-48-27-24-21-18-15-12-9-6-3)83-77(80)71-68-65-62-59-56-53-50-47-45-42-33-31-29-26-23-20-17-14-11-8-5-2/h8-9,11-12,17-18,20-22,25-27,29-30,32-33,42,48,54,57,74H,4-7,10,13-16,19,23-24,28,31,34-41,43-47,49-53,55-56,58-73H2,1-3H3/b11-8-,12-9-,20-17-,21-18-,25-22-,29-26-,32-30-,42-33-,48-27-,57-54-. The van der Waals surface area contributed by atoms with Crippen LogP contribution in [0.15, 0.2) is 122 Å². The van der Waals surface area contributed by atoms with Gasteiger partial charge in [-0.05, 0) is 128 Å². The van der Waals surface area contributed by atoms with Gasteiger partial charge in [-0.15, -0.1) is 0 Å². The molecule has 0 amide bonds. The maximum absolute atomic E-state index is 12.9. The number of carbonyl (C=O) groups excluding carboxylic acids is 3. The maximum Gasteiger partial charge on any atom is 0.306 e. The first-order valence-corrected chi connectivity index (χ1v) is 35.0. The molecule has 0 fully saturated rings. The summed E-state index contributed by atoms with van der Waals surface area (Å²) in [5, 5.41) is 0. The fourth-order valence-corrected chi connectivity index (χ4v) is 9.75. The van der Waals surface area contributed by atoms with Crippen LogP contribution in [0.5, 0.6) is 0 Å². The van der Waals surface area contributed by atoms with Gasteiger partial charge >= 0.3 is 17.9 Å². The van der Waals surface area contributed by atoms with Crippen LogP contribution in [-0.2, 0) is 28.6 Å². The van der Waals surface area contributed by atoms with Gasteiger partial charge < -0.3 is 14.2 Å². The first-order valence-electron chi connectivity index (χ1n) is 35.0. The number of unbranched alkanes of at least 4 members (excludes halogenated alkanes) is 32. The highest BCUT2D eigenvalue weighted by Crippen LogP contribution is 2.17. The van der Waals surface area contributed by atoms with E-state index in [1.165, 1.54) is 167 Å². The molecule has 0 aliphatic heterocycles. The van der Waals surface area contributed by atoms with Crippen LogP contribution in [0.25, 0.3) is 0 Å². The van der Waals surface area contributed by atoms with Crippen molar-refractivity contribution in [2.24, 2.45) is 0 Å². The van der Waals surface area contributed by atoms with E-state index in [4.69, 9.17) is 14.2 Å². The van der Waals surface area contributed by atoms with Crippen LogP contribution in [0.4, 0.5) is 0 Å². The van der Waals surface area contributed by atoms with Crippen molar-refractivity contribution >= 4 is 17.9 Å². The summed E-state index contributed by atoms with van der Waals surface area (Å²) in [6.45, 7) is 6.39. The zero-order valence-corrected chi connectivity index (χ0v) is 54.4. The van der Waals surface area contributed by atoms with E-state index in [0.717, 1.165) is 122 Å². The van der Waals surface area contributed by atoms with Gasteiger partial charge in [-0.1, -0.05) is 303 Å². The maximum atomic E-state index is 12.9. The number of esters is 3. The van der Waals surface area contributed by atoms with Crippen LogP contribution in [0.3, 0.4) is 0 Å². The van der Waals surface area contributed by atoms with Crippen LogP contribution in [0.2, 0.25) is 0 Å². The number of carbonyl (C=O) groups is 3. The van der Waals surface area contributed by atoms with Crippen LogP contribution in [0, 0.1) is 0 Å². The van der Waals surface area contributed by atoms with E-state index >= 15 is 0 Å². The largest absolute Gasteiger partial charge is 0.462 e. The minimum Gasteiger partial charge on any atom is -0.462 e. The lowest BCUT2D eigenvalue weighted by Gasteiger charge is -2.18. The number of ether oxygens (including phenoxy) is 3. The third-order valence-electron chi connectivity index (χ3n) is 14.9. The highest BCUT2D eigenvalue weighted by atomic mass is 16.6. The van der Waals surface area contributed by atoms with Gasteiger partial charge in [-0.2, -0.15) is 0 Å². The molecular formula is C77H130O6. The van der Waals surface area contributed by atoms with E-state index in [-0.39, 0.29) is 31.1 Å². The van der Waals surface area contributed by atoms with Crippen LogP contribution in [0.1, 0.15) is 329 Å². The minimum absolute atomic E-state index is 0.0950. The Morgan fingerprint density at radius 3 is 0.759 bits per heavy atom. The summed E-state index contributed by atoms with van der Waals surface area (Å²) in [7, 11) is 0. The molecule has 0 rings (SSSR count). The van der Waals surface area contributed by atoms with E-state index in [0.29, 0.717) is 19.3 Å². The molecular weight excluding hydrogens is 1020 g/mol. The molecule has 6 heteroatoms. The zero-order valence-electron chi connectivity index (χ0n) is 54.4. The van der Waals surface area contributed by atoms with Crippen LogP contribution < -0.4 is 0 Å². The molecule has 0 aromatic rings. The Hall–Kier alpha value is -4.19. The van der Waals surface area contributed by atoms with Crippen molar-refractivity contribution in [2.75, 3.05) is 13.2 Å². The van der Waals surface area contributed by atoms with Crippen molar-refractivity contribution < 1.29 is 28.6 Å². The van der Waals surface area contributed by atoms with E-state index in [2.05, 4.69) is 142 Å². The second-order valence-corrected chi connectivity index (χ2v) is 23.0. The van der Waals surface area contributed by atoms with Gasteiger partial charge in [0.1, 0.15) is 13.2 Å². The molecule has 0 saturated carbocycles. The fraction of sp³-hybridized carbons (Fsp3) is 0.701. The molecule has 0 spiro atoms. The number of rotatable bonds is 63. The normalized spacial score (nSPS) is 12.9. The molecule has 1 unspecified atom stereocenters. The quantitative estimate of drug-likeness (QED) is 0.0261. The van der Waals surface area contributed by atoms with E-state index in [1.54, 1.807) is 0 Å². The van der Waals surface area contributed by atoms with Gasteiger partial charge in [0.15, 0.2) is 6.10 Å². The summed E-state index contributed by atoms with van der Waals surface area (Å²) < 4.78 is 16.9. The molecule has 83 heavy (non-hydrogen) atoms. The average molecular weight is 1150 g/mol. The Morgan fingerprint density at radius 1 is 0.253 bits per heavy atom. The first kappa shape index (κ1) is 78.8. The molecule has 6 nitrogen and oxygen atoms in total. The summed E-state index contributed by atoms with van der Waals surface area (Å²) >= 11 is 0. The van der Waals surface area contributed by atoms with Gasteiger partial charge in [0.25, 0.3) is 0 Å². The van der Waals surface area contributed by atoms with Gasteiger partial charge in [0, 0.05) is 19.3 Å². The highest BCUT2D eigenvalue weighted by Gasteiger charge is 2.19. The molecule has 0 bridgehead atoms. The summed E-state index contributed by atoms with van der Waals surface area (Å²) in [5.74, 6) is -0.937. The lowest BCUT2D eigenvalue weighted by molar-refractivity contribution is -0.167. The Morgan fingerprint density at radius 2 is 0.470 bits per heavy atom. The predicted molar refractivity (Wildman–Crippen MR) is 362 cm³/mol. The molecule has 0 N–H and O–H groups in total. The lowest BCUT2D eigenvalue weighted by Crippen LogP contribution is -2.30. The van der Waals surface area contributed by atoms with Crippen molar-refractivity contribution in [1.82, 2.24) is 0 Å². The highest BCUT2D eigenvalue weighted by molar-refractivity contribution is 5.71. The van der Waals surface area contributed by atoms with Crippen molar-refractivity contribution in [1.29, 1.82) is 0 Å². The molecule has 0 aromatic heterocycles. The number of allylic oxidation sites excluding steroid dienone is 20. The SMILES string of the molecule is CC/C=C\C/C=C\C/C=C\C/C=C\CCCCCCCCCCC(=O)OC(COC(=O)CCCC/C=C\C/C=C\C/C=C\C/C=C\CC)COC(=O)CCCCCCCCCCCCCCCCCCC/C=C\C/C=C\CCCCCCC. The molecule has 474 valence electrons. The summed E-state index contributed by atoms with van der Waals surface area (Å²) in [6, 6.07) is 0. The molecule has 0 heterocycles. The summed E-state index contributed by atoms with van der Waals surface area (Å²) in [6.07, 6.45) is 98.0. The second kappa shape index (κ2) is 70.3. The second-order valence-electron chi connectivity index (χ2n) is 23.0. The van der Waals surface area contributed by atoms with Gasteiger partial charge in [0.2, 0.25) is 0 Å². The molecule has 0 aromatic carbocycles. The lowest BCUT2D eigenvalue weighted by atomic mass is 10.0. The zero-order chi connectivity index (χ0) is 59.9. The van der Waals surface area contributed by atoms with E-state index < -0.39 is 6.10 Å². The van der Waals surface area contributed by atoms with Crippen LogP contribution >= 0.6 is 0 Å². The van der Waals surface area contributed by atoms with Gasteiger partial charge in [0.05, 0.1) is 0 Å². The molecule has 0 saturated heterocycles. The van der Waals surface area contributed by atoms with E-state index in [9.17, 15) is 14.4 Å². The molecule has 1 atom stereocenters. The smallest absolute Gasteiger partial charge is 0.306 e. The van der Waals surface area contributed by atoms with Gasteiger partial charge in [-0.25, -0.2) is 0 Å². The Kier molecular flexibility index (Phi) is 66.7. The van der Waals surface area contributed by atoms with Crippen LogP contribution in [-0.4, -0.2) is 37.2 Å². The van der Waals surface area contributed by atoms with Gasteiger partial charge in [-0.3, -0.25) is 14.4 Å². The molecule has 0 aliphatic rings. The third-order valence-corrected chi connectivity index (χ3v) is 14.9. The van der Waals surface area contributed by atoms with Crippen molar-refractivity contribution in [3.05, 3.63) is 122 Å². The van der Waals surface area contributed by atoms with E-state index in [1.807, 2.05) is 0 Å². The summed E-state index contributed by atoms with van der Waals surface area (Å²) in [4.78, 5) is 38.4. The minimum atomic E-state index is -0.804.